The normalized spacial score (nSPS) is 10.3. The lowest BCUT2D eigenvalue weighted by Gasteiger charge is -2.04. The minimum Gasteiger partial charge on any atom is -0.467 e. The average Bonchev–Trinajstić information content (AvgIpc) is 2.69. The zero-order chi connectivity index (χ0) is 10.7. The number of halogens is 2. The van der Waals surface area contributed by atoms with Gasteiger partial charge in [0.05, 0.1) is 17.8 Å². The Kier molecular flexibility index (Phi) is 2.87. The SMILES string of the molecule is Fc1cc(Cl)cnc1NCc1ccco1. The monoisotopic (exact) mass is 226 g/mol. The summed E-state index contributed by atoms with van der Waals surface area (Å²) in [5.41, 5.74) is 0. The molecule has 0 aromatic carbocycles. The van der Waals surface area contributed by atoms with Gasteiger partial charge in [-0.05, 0) is 18.2 Å². The third-order valence-electron chi connectivity index (χ3n) is 1.82. The molecule has 0 amide bonds. The molecule has 0 unspecified atom stereocenters. The summed E-state index contributed by atoms with van der Waals surface area (Å²) < 4.78 is 18.3. The van der Waals surface area contributed by atoms with E-state index in [4.69, 9.17) is 16.0 Å². The second kappa shape index (κ2) is 4.31. The standard InChI is InChI=1S/C10H8ClFN2O/c11-7-4-9(12)10(13-5-7)14-6-8-2-1-3-15-8/h1-5H,6H2,(H,13,14). The fourth-order valence-corrected chi connectivity index (χ4v) is 1.27. The maximum absolute atomic E-state index is 13.2. The highest BCUT2D eigenvalue weighted by atomic mass is 35.5. The lowest BCUT2D eigenvalue weighted by Crippen LogP contribution is -2.02. The van der Waals surface area contributed by atoms with Crippen LogP contribution < -0.4 is 5.32 Å². The molecule has 3 nitrogen and oxygen atoms in total. The summed E-state index contributed by atoms with van der Waals surface area (Å²) in [5, 5.41) is 3.08. The Morgan fingerprint density at radius 1 is 1.53 bits per heavy atom. The minimum absolute atomic E-state index is 0.163. The molecule has 2 aromatic rings. The highest BCUT2D eigenvalue weighted by Crippen LogP contribution is 2.16. The fourth-order valence-electron chi connectivity index (χ4n) is 1.13. The first-order chi connectivity index (χ1) is 7.25. The van der Waals surface area contributed by atoms with Crippen LogP contribution in [-0.2, 0) is 6.54 Å². The maximum atomic E-state index is 13.2. The van der Waals surface area contributed by atoms with E-state index in [9.17, 15) is 4.39 Å². The van der Waals surface area contributed by atoms with Gasteiger partial charge in [-0.3, -0.25) is 0 Å². The molecule has 2 aromatic heterocycles. The molecule has 0 aliphatic heterocycles. The highest BCUT2D eigenvalue weighted by Gasteiger charge is 2.04. The summed E-state index contributed by atoms with van der Waals surface area (Å²) in [6.45, 7) is 0.387. The maximum Gasteiger partial charge on any atom is 0.166 e. The van der Waals surface area contributed by atoms with Gasteiger partial charge in [-0.25, -0.2) is 9.37 Å². The summed E-state index contributed by atoms with van der Waals surface area (Å²) in [6, 6.07) is 4.77. The predicted octanol–water partition coefficient (Wildman–Crippen LogP) is 3.08. The van der Waals surface area contributed by atoms with E-state index in [1.807, 2.05) is 0 Å². The lowest BCUT2D eigenvalue weighted by molar-refractivity contribution is 0.517. The van der Waals surface area contributed by atoms with Crippen LogP contribution in [0.2, 0.25) is 5.02 Å². The molecule has 15 heavy (non-hydrogen) atoms. The lowest BCUT2D eigenvalue weighted by atomic mass is 10.4. The van der Waals surface area contributed by atoms with Crippen molar-refractivity contribution in [3.8, 4) is 0 Å². The summed E-state index contributed by atoms with van der Waals surface area (Å²) in [7, 11) is 0. The Hall–Kier alpha value is -1.55. The minimum atomic E-state index is -0.478. The van der Waals surface area contributed by atoms with E-state index in [-0.39, 0.29) is 10.8 Å². The van der Waals surface area contributed by atoms with E-state index in [2.05, 4.69) is 10.3 Å². The van der Waals surface area contributed by atoms with Crippen molar-refractivity contribution in [3.05, 3.63) is 47.3 Å². The van der Waals surface area contributed by atoms with Gasteiger partial charge in [0.15, 0.2) is 11.6 Å². The molecule has 0 fully saturated rings. The Labute approximate surface area is 90.9 Å². The first kappa shape index (κ1) is 9.98. The molecule has 78 valence electrons. The van der Waals surface area contributed by atoms with Gasteiger partial charge < -0.3 is 9.73 Å². The molecule has 0 atom stereocenters. The molecular formula is C10H8ClFN2O. The number of hydrogen-bond donors (Lipinski definition) is 1. The first-order valence-electron chi connectivity index (χ1n) is 4.33. The predicted molar refractivity (Wildman–Crippen MR) is 55.2 cm³/mol. The first-order valence-corrected chi connectivity index (χ1v) is 4.71. The fraction of sp³-hybridized carbons (Fsp3) is 0.100. The third-order valence-corrected chi connectivity index (χ3v) is 2.02. The molecule has 1 N–H and O–H groups in total. The number of pyridine rings is 1. The summed E-state index contributed by atoms with van der Waals surface area (Å²) in [6.07, 6.45) is 2.94. The molecule has 0 aliphatic carbocycles. The zero-order valence-electron chi connectivity index (χ0n) is 7.71. The molecule has 5 heteroatoms. The van der Waals surface area contributed by atoms with Gasteiger partial charge in [0.1, 0.15) is 5.76 Å². The van der Waals surface area contributed by atoms with Crippen LogP contribution in [-0.4, -0.2) is 4.98 Å². The van der Waals surface area contributed by atoms with Crippen LogP contribution in [0.1, 0.15) is 5.76 Å². The van der Waals surface area contributed by atoms with Crippen molar-refractivity contribution in [2.45, 2.75) is 6.54 Å². The van der Waals surface area contributed by atoms with Crippen LogP contribution >= 0.6 is 11.6 Å². The number of aromatic nitrogens is 1. The van der Waals surface area contributed by atoms with Gasteiger partial charge in [-0.2, -0.15) is 0 Å². The average molecular weight is 227 g/mol. The molecule has 2 rings (SSSR count). The number of nitrogens with zero attached hydrogens (tertiary/aromatic N) is 1. The largest absolute Gasteiger partial charge is 0.467 e. The second-order valence-electron chi connectivity index (χ2n) is 2.92. The van der Waals surface area contributed by atoms with Crippen LogP contribution in [0.3, 0.4) is 0 Å². The topological polar surface area (TPSA) is 38.1 Å². The molecule has 0 saturated carbocycles. The van der Waals surface area contributed by atoms with Gasteiger partial charge in [0.2, 0.25) is 0 Å². The number of furan rings is 1. The van der Waals surface area contributed by atoms with Gasteiger partial charge >= 0.3 is 0 Å². The molecule has 0 saturated heterocycles. The van der Waals surface area contributed by atoms with Crippen molar-refractivity contribution < 1.29 is 8.81 Å². The molecule has 0 aliphatic rings. The number of hydrogen-bond acceptors (Lipinski definition) is 3. The molecule has 2 heterocycles. The zero-order valence-corrected chi connectivity index (χ0v) is 8.46. The van der Waals surface area contributed by atoms with E-state index < -0.39 is 5.82 Å². The van der Waals surface area contributed by atoms with Gasteiger partial charge in [-0.15, -0.1) is 0 Å². The number of anilines is 1. The second-order valence-corrected chi connectivity index (χ2v) is 3.35. The van der Waals surface area contributed by atoms with E-state index in [1.54, 1.807) is 18.4 Å². The van der Waals surface area contributed by atoms with E-state index in [1.165, 1.54) is 12.3 Å². The summed E-state index contributed by atoms with van der Waals surface area (Å²) >= 11 is 5.57. The van der Waals surface area contributed by atoms with E-state index in [0.29, 0.717) is 12.3 Å². The van der Waals surface area contributed by atoms with Crippen LogP contribution in [0, 0.1) is 5.82 Å². The van der Waals surface area contributed by atoms with Crippen molar-refractivity contribution in [1.29, 1.82) is 0 Å². The van der Waals surface area contributed by atoms with Crippen LogP contribution in [0.25, 0.3) is 0 Å². The molecule has 0 spiro atoms. The van der Waals surface area contributed by atoms with Crippen LogP contribution in [0.15, 0.2) is 35.1 Å². The van der Waals surface area contributed by atoms with Gasteiger partial charge in [0, 0.05) is 6.20 Å². The number of nitrogens with one attached hydrogen (secondary N) is 1. The Morgan fingerprint density at radius 3 is 3.07 bits per heavy atom. The number of rotatable bonds is 3. The molecule has 0 radical (unpaired) electrons. The van der Waals surface area contributed by atoms with Crippen molar-refractivity contribution in [1.82, 2.24) is 4.98 Å². The van der Waals surface area contributed by atoms with Crippen molar-refractivity contribution in [2.75, 3.05) is 5.32 Å². The molecule has 0 bridgehead atoms. The van der Waals surface area contributed by atoms with Crippen LogP contribution in [0.4, 0.5) is 10.2 Å². The quantitative estimate of drug-likeness (QED) is 0.874. The van der Waals surface area contributed by atoms with Crippen molar-refractivity contribution >= 4 is 17.4 Å². The van der Waals surface area contributed by atoms with Crippen molar-refractivity contribution in [3.63, 3.8) is 0 Å². The summed E-state index contributed by atoms with van der Waals surface area (Å²) in [4.78, 5) is 3.82. The van der Waals surface area contributed by atoms with Crippen molar-refractivity contribution in [2.24, 2.45) is 0 Å². The summed E-state index contributed by atoms with van der Waals surface area (Å²) in [5.74, 6) is 0.399. The Morgan fingerprint density at radius 2 is 2.40 bits per heavy atom. The smallest absolute Gasteiger partial charge is 0.166 e. The Balaban J connectivity index is 2.05. The molecular weight excluding hydrogens is 219 g/mol. The van der Waals surface area contributed by atoms with Gasteiger partial charge in [-0.1, -0.05) is 11.6 Å². The highest BCUT2D eigenvalue weighted by molar-refractivity contribution is 6.30. The van der Waals surface area contributed by atoms with Gasteiger partial charge in [0.25, 0.3) is 0 Å². The Bertz CT molecular complexity index is 445. The van der Waals surface area contributed by atoms with E-state index in [0.717, 1.165) is 0 Å². The van der Waals surface area contributed by atoms with E-state index >= 15 is 0 Å². The van der Waals surface area contributed by atoms with Crippen LogP contribution in [0.5, 0.6) is 0 Å². The third kappa shape index (κ3) is 2.47.